The molecule has 8 heteroatoms. The topological polar surface area (TPSA) is 68.8 Å². The van der Waals surface area contributed by atoms with Crippen molar-refractivity contribution in [1.82, 2.24) is 5.32 Å². The number of amides is 1. The van der Waals surface area contributed by atoms with Crippen LogP contribution in [0.2, 0.25) is 0 Å². The second kappa shape index (κ2) is 9.58. The Kier molecular flexibility index (Phi) is 6.90. The monoisotopic (exact) mass is 474 g/mol. The molecule has 3 rings (SSSR count). The van der Waals surface area contributed by atoms with Crippen LogP contribution in [0.25, 0.3) is 10.8 Å². The van der Waals surface area contributed by atoms with Crippen LogP contribution in [0.3, 0.4) is 0 Å². The van der Waals surface area contributed by atoms with Gasteiger partial charge in [-0.3, -0.25) is 10.1 Å². The Hall–Kier alpha value is -2.84. The molecule has 3 aromatic carbocycles. The number of rotatable bonds is 6. The number of carbonyl (C=O) groups is 1. The number of fused-ring (bicyclic) bond motifs is 1. The van der Waals surface area contributed by atoms with E-state index in [4.69, 9.17) is 26.4 Å². The average molecular weight is 475 g/mol. The summed E-state index contributed by atoms with van der Waals surface area (Å²) in [4.78, 5) is 12.2. The number of carbonyl (C=O) groups excluding carboxylic acids is 1. The Labute approximate surface area is 182 Å². The van der Waals surface area contributed by atoms with Gasteiger partial charge in [-0.05, 0) is 57.1 Å². The summed E-state index contributed by atoms with van der Waals surface area (Å²) >= 11 is 8.75. The highest BCUT2D eigenvalue weighted by Crippen LogP contribution is 2.33. The molecule has 0 aliphatic carbocycles. The summed E-state index contributed by atoms with van der Waals surface area (Å²) < 4.78 is 16.9. The molecule has 0 aromatic heterocycles. The van der Waals surface area contributed by atoms with Crippen LogP contribution in [-0.2, 0) is 4.79 Å². The molecular formula is C21H19BrN2O4S. The smallest absolute Gasteiger partial charge is 0.264 e. The van der Waals surface area contributed by atoms with E-state index in [0.29, 0.717) is 22.9 Å². The number of thiocarbonyl (C=S) groups is 1. The van der Waals surface area contributed by atoms with Crippen LogP contribution in [0, 0.1) is 0 Å². The number of methoxy groups -OCH3 is 2. The Morgan fingerprint density at radius 1 is 1.03 bits per heavy atom. The van der Waals surface area contributed by atoms with Crippen LogP contribution in [0.1, 0.15) is 0 Å². The molecule has 3 aromatic rings. The van der Waals surface area contributed by atoms with E-state index in [1.165, 1.54) is 0 Å². The second-order valence-electron chi connectivity index (χ2n) is 5.96. The highest BCUT2D eigenvalue weighted by Gasteiger charge is 2.12. The number of nitrogens with one attached hydrogen (secondary N) is 2. The van der Waals surface area contributed by atoms with Crippen molar-refractivity contribution >= 4 is 55.6 Å². The van der Waals surface area contributed by atoms with Crippen LogP contribution < -0.4 is 24.8 Å². The highest BCUT2D eigenvalue weighted by atomic mass is 79.9. The first-order valence-electron chi connectivity index (χ1n) is 8.64. The lowest BCUT2D eigenvalue weighted by Gasteiger charge is -2.14. The molecule has 0 fully saturated rings. The van der Waals surface area contributed by atoms with Crippen molar-refractivity contribution in [2.75, 3.05) is 26.1 Å². The van der Waals surface area contributed by atoms with Crippen molar-refractivity contribution in [3.05, 3.63) is 59.1 Å². The molecule has 0 aliphatic heterocycles. The summed E-state index contributed by atoms with van der Waals surface area (Å²) in [5.41, 5.74) is 0.579. The first-order valence-corrected chi connectivity index (χ1v) is 9.85. The first kappa shape index (κ1) is 20.9. The van der Waals surface area contributed by atoms with E-state index in [0.717, 1.165) is 15.2 Å². The van der Waals surface area contributed by atoms with E-state index in [1.807, 2.05) is 36.4 Å². The van der Waals surface area contributed by atoms with Crippen molar-refractivity contribution in [3.8, 4) is 17.2 Å². The molecule has 0 radical (unpaired) electrons. The fourth-order valence-electron chi connectivity index (χ4n) is 2.70. The molecule has 0 saturated carbocycles. The summed E-state index contributed by atoms with van der Waals surface area (Å²) in [6, 6.07) is 16.9. The van der Waals surface area contributed by atoms with Gasteiger partial charge in [0.2, 0.25) is 0 Å². The minimum Gasteiger partial charge on any atom is -0.497 e. The van der Waals surface area contributed by atoms with Gasteiger partial charge in [0.05, 0.1) is 24.4 Å². The van der Waals surface area contributed by atoms with Gasteiger partial charge in [-0.15, -0.1) is 0 Å². The molecular weight excluding hydrogens is 456 g/mol. The SMILES string of the molecule is COc1ccc(OC)c(NC(=S)NC(=O)COc2ccc3ccccc3c2Br)c1. The third kappa shape index (κ3) is 5.16. The summed E-state index contributed by atoms with van der Waals surface area (Å²) in [7, 11) is 3.11. The van der Waals surface area contributed by atoms with E-state index >= 15 is 0 Å². The number of hydrogen-bond donors (Lipinski definition) is 2. The van der Waals surface area contributed by atoms with Crippen molar-refractivity contribution in [3.63, 3.8) is 0 Å². The standard InChI is InChI=1S/C21H19BrN2O4S/c1-26-14-8-10-17(27-2)16(11-14)23-21(29)24-19(25)12-28-18-9-7-13-5-3-4-6-15(13)20(18)22/h3-11H,12H2,1-2H3,(H2,23,24,25,29). The maximum absolute atomic E-state index is 12.2. The van der Waals surface area contributed by atoms with E-state index < -0.39 is 0 Å². The van der Waals surface area contributed by atoms with Gasteiger partial charge in [0.25, 0.3) is 5.91 Å². The van der Waals surface area contributed by atoms with Crippen molar-refractivity contribution in [2.45, 2.75) is 0 Å². The van der Waals surface area contributed by atoms with Crippen LogP contribution in [0.15, 0.2) is 59.1 Å². The quantitative estimate of drug-likeness (QED) is 0.512. The molecule has 0 heterocycles. The lowest BCUT2D eigenvalue weighted by molar-refractivity contribution is -0.121. The molecule has 150 valence electrons. The predicted octanol–water partition coefficient (Wildman–Crippen LogP) is 4.51. The third-order valence-corrected chi connectivity index (χ3v) is 5.12. The summed E-state index contributed by atoms with van der Waals surface area (Å²) in [5.74, 6) is 1.39. The Morgan fingerprint density at radius 3 is 2.55 bits per heavy atom. The number of hydrogen-bond acceptors (Lipinski definition) is 5. The second-order valence-corrected chi connectivity index (χ2v) is 7.16. The van der Waals surface area contributed by atoms with Crippen molar-refractivity contribution in [1.29, 1.82) is 0 Å². The number of anilines is 1. The maximum Gasteiger partial charge on any atom is 0.264 e. The van der Waals surface area contributed by atoms with E-state index in [-0.39, 0.29) is 17.6 Å². The predicted molar refractivity (Wildman–Crippen MR) is 121 cm³/mol. The van der Waals surface area contributed by atoms with Gasteiger partial charge < -0.3 is 19.5 Å². The minimum atomic E-state index is -0.385. The Morgan fingerprint density at radius 2 is 1.79 bits per heavy atom. The molecule has 0 bridgehead atoms. The van der Waals surface area contributed by atoms with Gasteiger partial charge in [0, 0.05) is 6.07 Å². The normalized spacial score (nSPS) is 10.3. The van der Waals surface area contributed by atoms with Gasteiger partial charge >= 0.3 is 0 Å². The zero-order valence-electron chi connectivity index (χ0n) is 15.8. The largest absolute Gasteiger partial charge is 0.497 e. The molecule has 1 amide bonds. The summed E-state index contributed by atoms with van der Waals surface area (Å²) in [6.07, 6.45) is 0. The van der Waals surface area contributed by atoms with Crippen LogP contribution in [-0.4, -0.2) is 31.8 Å². The van der Waals surface area contributed by atoms with Crippen molar-refractivity contribution < 1.29 is 19.0 Å². The summed E-state index contributed by atoms with van der Waals surface area (Å²) in [5, 5.41) is 7.73. The van der Waals surface area contributed by atoms with Gasteiger partial charge in [0.15, 0.2) is 11.7 Å². The van der Waals surface area contributed by atoms with Crippen LogP contribution in [0.5, 0.6) is 17.2 Å². The van der Waals surface area contributed by atoms with Crippen LogP contribution in [0.4, 0.5) is 5.69 Å². The first-order chi connectivity index (χ1) is 14.0. The van der Waals surface area contributed by atoms with Crippen molar-refractivity contribution in [2.24, 2.45) is 0 Å². The molecule has 6 nitrogen and oxygen atoms in total. The van der Waals surface area contributed by atoms with E-state index in [2.05, 4.69) is 26.6 Å². The Bertz CT molecular complexity index is 1060. The fraction of sp³-hybridized carbons (Fsp3) is 0.143. The molecule has 0 unspecified atom stereocenters. The summed E-state index contributed by atoms with van der Waals surface area (Å²) in [6.45, 7) is -0.187. The lowest BCUT2D eigenvalue weighted by atomic mass is 10.1. The fourth-order valence-corrected chi connectivity index (χ4v) is 3.53. The van der Waals surface area contributed by atoms with Gasteiger partial charge in [-0.1, -0.05) is 30.3 Å². The minimum absolute atomic E-state index is 0.128. The third-order valence-electron chi connectivity index (χ3n) is 4.09. The van der Waals surface area contributed by atoms with Gasteiger partial charge in [0.1, 0.15) is 17.2 Å². The number of halogens is 1. The van der Waals surface area contributed by atoms with E-state index in [9.17, 15) is 4.79 Å². The van der Waals surface area contributed by atoms with Gasteiger partial charge in [-0.2, -0.15) is 0 Å². The van der Waals surface area contributed by atoms with Crippen LogP contribution >= 0.6 is 28.1 Å². The lowest BCUT2D eigenvalue weighted by Crippen LogP contribution is -2.37. The molecule has 0 spiro atoms. The van der Waals surface area contributed by atoms with Gasteiger partial charge in [-0.25, -0.2) is 0 Å². The molecule has 2 N–H and O–H groups in total. The van der Waals surface area contributed by atoms with E-state index in [1.54, 1.807) is 32.4 Å². The molecule has 29 heavy (non-hydrogen) atoms. The highest BCUT2D eigenvalue weighted by molar-refractivity contribution is 9.10. The molecule has 0 atom stereocenters. The molecule has 0 saturated heterocycles. The zero-order valence-corrected chi connectivity index (χ0v) is 18.2. The molecule has 0 aliphatic rings. The Balaban J connectivity index is 1.60. The zero-order chi connectivity index (χ0) is 20.8. The average Bonchev–Trinajstić information content (AvgIpc) is 2.73. The maximum atomic E-state index is 12.2. The number of benzene rings is 3. The number of ether oxygens (including phenoxy) is 3.